The van der Waals surface area contributed by atoms with Crippen LogP contribution in [-0.4, -0.2) is 98.5 Å². The molecule has 1 fully saturated rings. The fourth-order valence-electron chi connectivity index (χ4n) is 3.76. The van der Waals surface area contributed by atoms with Gasteiger partial charge in [-0.15, -0.1) is 0 Å². The van der Waals surface area contributed by atoms with E-state index in [0.29, 0.717) is 0 Å². The number of nitrogens with one attached hydrogen (secondary N) is 1. The molecule has 1 saturated heterocycles. The molecule has 42 heavy (non-hydrogen) atoms. The van der Waals surface area contributed by atoms with Crippen molar-refractivity contribution in [2.45, 2.75) is 58.4 Å². The van der Waals surface area contributed by atoms with Gasteiger partial charge in [0.05, 0.1) is 13.2 Å². The Morgan fingerprint density at radius 3 is 2.19 bits per heavy atom. The summed E-state index contributed by atoms with van der Waals surface area (Å²) in [5.41, 5.74) is 8.29. The topological polar surface area (TPSA) is 231 Å². The van der Waals surface area contributed by atoms with Crippen LogP contribution in [0.3, 0.4) is 0 Å². The minimum absolute atomic E-state index is 0.0653. The van der Waals surface area contributed by atoms with Crippen molar-refractivity contribution in [1.29, 1.82) is 0 Å². The van der Waals surface area contributed by atoms with Crippen LogP contribution >= 0.6 is 0 Å². The van der Waals surface area contributed by atoms with E-state index in [1.807, 2.05) is 0 Å². The van der Waals surface area contributed by atoms with Gasteiger partial charge in [0.15, 0.2) is 23.7 Å². The van der Waals surface area contributed by atoms with Gasteiger partial charge in [0.1, 0.15) is 12.7 Å². The van der Waals surface area contributed by atoms with Crippen LogP contribution in [0.5, 0.6) is 11.5 Å². The molecule has 0 unspecified atom stereocenters. The Morgan fingerprint density at radius 1 is 0.952 bits per heavy atom. The van der Waals surface area contributed by atoms with Gasteiger partial charge in [-0.05, 0) is 23.7 Å². The fourth-order valence-corrected chi connectivity index (χ4v) is 3.76. The van der Waals surface area contributed by atoms with Crippen LogP contribution in [-0.2, 0) is 47.6 Å². The number of carbonyl (C=O) groups is 5. The number of amides is 1. The second-order valence-corrected chi connectivity index (χ2v) is 8.69. The Morgan fingerprint density at radius 2 is 1.60 bits per heavy atom. The molecule has 1 aliphatic rings. The zero-order valence-corrected chi connectivity index (χ0v) is 23.3. The van der Waals surface area contributed by atoms with Gasteiger partial charge < -0.3 is 43.6 Å². The lowest BCUT2D eigenvalue weighted by Gasteiger charge is -2.43. The van der Waals surface area contributed by atoms with Crippen LogP contribution in [0.15, 0.2) is 23.3 Å². The third kappa shape index (κ3) is 10.8. The molecule has 2 N–H and O–H groups in total. The molecule has 0 spiro atoms. The van der Waals surface area contributed by atoms with Crippen LogP contribution in [0.2, 0.25) is 0 Å². The number of hydrogen-bond acceptors (Lipinski definition) is 14. The molecule has 0 aliphatic carbocycles. The molecule has 230 valence electrons. The van der Waals surface area contributed by atoms with Gasteiger partial charge in [0.25, 0.3) is 5.91 Å². The number of ether oxygens (including phenoxy) is 7. The van der Waals surface area contributed by atoms with Gasteiger partial charge >= 0.3 is 23.9 Å². The highest BCUT2D eigenvalue weighted by Crippen LogP contribution is 2.34. The Labute approximate surface area is 239 Å². The highest BCUT2D eigenvalue weighted by atomic mass is 16.7. The second-order valence-electron chi connectivity index (χ2n) is 8.69. The summed E-state index contributed by atoms with van der Waals surface area (Å²) < 4.78 is 37.8. The van der Waals surface area contributed by atoms with Crippen molar-refractivity contribution in [1.82, 2.24) is 5.32 Å². The van der Waals surface area contributed by atoms with Gasteiger partial charge in [-0.2, -0.15) is 0 Å². The van der Waals surface area contributed by atoms with E-state index in [2.05, 4.69) is 15.3 Å². The van der Waals surface area contributed by atoms with E-state index in [4.69, 9.17) is 38.7 Å². The van der Waals surface area contributed by atoms with Crippen molar-refractivity contribution < 1.29 is 62.2 Å². The summed E-state index contributed by atoms with van der Waals surface area (Å²) in [5.74, 6) is -4.37. The number of nitrogens with zero attached hydrogens (tertiary/aromatic N) is 3. The monoisotopic (exact) mass is 596 g/mol. The molecule has 0 saturated carbocycles. The van der Waals surface area contributed by atoms with Crippen molar-refractivity contribution in [2.24, 2.45) is 5.11 Å². The fraction of sp³-hybridized carbons (Fsp3) is 0.560. The van der Waals surface area contributed by atoms with Crippen LogP contribution in [0.1, 0.15) is 38.1 Å². The minimum atomic E-state index is -1.57. The van der Waals surface area contributed by atoms with Crippen molar-refractivity contribution in [2.75, 3.05) is 32.9 Å². The Balaban J connectivity index is 2.26. The predicted molar refractivity (Wildman–Crippen MR) is 138 cm³/mol. The molecule has 0 aromatic heterocycles. The lowest BCUT2D eigenvalue weighted by Crippen LogP contribution is -2.63. The lowest BCUT2D eigenvalue weighted by atomic mass is 9.98. The van der Waals surface area contributed by atoms with Crippen molar-refractivity contribution in [3.63, 3.8) is 0 Å². The molecule has 17 heteroatoms. The number of benzene rings is 1. The molecule has 1 aliphatic heterocycles. The smallest absolute Gasteiger partial charge is 0.303 e. The van der Waals surface area contributed by atoms with Crippen LogP contribution in [0.25, 0.3) is 10.4 Å². The molecule has 17 nitrogen and oxygen atoms in total. The van der Waals surface area contributed by atoms with Gasteiger partial charge in [-0.3, -0.25) is 24.0 Å². The summed E-state index contributed by atoms with van der Waals surface area (Å²) in [6, 6.07) is 3.69. The Bertz CT molecular complexity index is 1190. The van der Waals surface area contributed by atoms with E-state index < -0.39 is 72.8 Å². The van der Waals surface area contributed by atoms with Crippen molar-refractivity contribution in [3.8, 4) is 11.5 Å². The van der Waals surface area contributed by atoms with E-state index in [-0.39, 0.29) is 37.6 Å². The zero-order chi connectivity index (χ0) is 31.2. The first-order chi connectivity index (χ1) is 19.9. The molecule has 0 bridgehead atoms. The average molecular weight is 597 g/mol. The molecule has 1 aromatic rings. The average Bonchev–Trinajstić information content (AvgIpc) is 2.90. The standard InChI is InChI=1S/C25H32N4O13/c1-13(30)37-12-20-21(38-14(2)31)22(39-15(3)32)23(40-16(4)33)25(42-20)41-19-6-5-17(11-18(19)34)24(35)27-7-9-36-10-8-28-29-26/h5-6,11,20-23,25,34H,7-10,12H2,1-4H3,(H,27,35)/t20-,21+,22+,23-,25-/m1/s1. The van der Waals surface area contributed by atoms with E-state index >= 15 is 0 Å². The number of aromatic hydroxyl groups is 1. The number of hydrogen-bond donors (Lipinski definition) is 2. The number of esters is 4. The van der Waals surface area contributed by atoms with Crippen LogP contribution in [0, 0.1) is 0 Å². The predicted octanol–water partition coefficient (Wildman–Crippen LogP) is 0.911. The van der Waals surface area contributed by atoms with E-state index in [1.54, 1.807) is 0 Å². The molecule has 0 radical (unpaired) electrons. The normalized spacial score (nSPS) is 21.2. The summed E-state index contributed by atoms with van der Waals surface area (Å²) in [6.45, 7) is 4.55. The number of phenolic OH excluding ortho intramolecular Hbond substituents is 1. The van der Waals surface area contributed by atoms with Gasteiger partial charge in [0, 0.05) is 51.3 Å². The van der Waals surface area contributed by atoms with E-state index in [9.17, 15) is 29.1 Å². The first-order valence-corrected chi connectivity index (χ1v) is 12.6. The van der Waals surface area contributed by atoms with E-state index in [0.717, 1.165) is 33.8 Å². The molecule has 2 rings (SSSR count). The van der Waals surface area contributed by atoms with Gasteiger partial charge in [0.2, 0.25) is 12.4 Å². The first kappa shape index (κ1) is 33.6. The summed E-state index contributed by atoms with van der Waals surface area (Å²) in [7, 11) is 0. The summed E-state index contributed by atoms with van der Waals surface area (Å²) in [4.78, 5) is 62.3. The Hall–Kier alpha value is -4.60. The van der Waals surface area contributed by atoms with Crippen molar-refractivity contribution >= 4 is 29.8 Å². The molecule has 5 atom stereocenters. The van der Waals surface area contributed by atoms with Gasteiger partial charge in [-0.1, -0.05) is 5.11 Å². The number of rotatable bonds is 14. The number of phenols is 1. The summed E-state index contributed by atoms with van der Waals surface area (Å²) >= 11 is 0. The number of carbonyl (C=O) groups excluding carboxylic acids is 5. The second kappa shape index (κ2) is 16.6. The molecular formula is C25H32N4O13. The quantitative estimate of drug-likeness (QED) is 0.0760. The highest BCUT2D eigenvalue weighted by Gasteiger charge is 2.53. The SMILES string of the molecule is CC(=O)OC[C@H]1O[C@@H](Oc2ccc(C(=O)NCCOCCN=[N+]=[N-])cc2O)[C@H](OC(C)=O)[C@@H](OC(C)=O)[C@H]1OC(C)=O. The lowest BCUT2D eigenvalue weighted by molar-refractivity contribution is -0.288. The first-order valence-electron chi connectivity index (χ1n) is 12.6. The van der Waals surface area contributed by atoms with Crippen molar-refractivity contribution in [3.05, 3.63) is 34.2 Å². The third-order valence-corrected chi connectivity index (χ3v) is 5.34. The highest BCUT2D eigenvalue weighted by molar-refractivity contribution is 5.94. The van der Waals surface area contributed by atoms with E-state index in [1.165, 1.54) is 12.1 Å². The maximum absolute atomic E-state index is 12.4. The van der Waals surface area contributed by atoms with Crippen LogP contribution < -0.4 is 10.1 Å². The molecule has 1 amide bonds. The summed E-state index contributed by atoms with van der Waals surface area (Å²) in [6.07, 6.45) is -7.17. The minimum Gasteiger partial charge on any atom is -0.504 e. The Kier molecular flexibility index (Phi) is 13.3. The largest absolute Gasteiger partial charge is 0.504 e. The molecular weight excluding hydrogens is 564 g/mol. The van der Waals surface area contributed by atoms with Gasteiger partial charge in [-0.25, -0.2) is 0 Å². The number of azide groups is 1. The van der Waals surface area contributed by atoms with Crippen LogP contribution in [0.4, 0.5) is 0 Å². The maximum atomic E-state index is 12.4. The third-order valence-electron chi connectivity index (χ3n) is 5.34. The summed E-state index contributed by atoms with van der Waals surface area (Å²) in [5, 5.41) is 16.5. The zero-order valence-electron chi connectivity index (χ0n) is 23.3. The maximum Gasteiger partial charge on any atom is 0.303 e. The molecule has 1 aromatic carbocycles. The molecule has 1 heterocycles.